The van der Waals surface area contributed by atoms with Crippen molar-refractivity contribution in [1.29, 1.82) is 5.26 Å². The molecular formula is C22H23ClFN3O. The van der Waals surface area contributed by atoms with E-state index in [1.165, 1.54) is 6.07 Å². The Morgan fingerprint density at radius 2 is 2.07 bits per heavy atom. The molecule has 1 heterocycles. The second-order valence-electron chi connectivity index (χ2n) is 7.50. The normalized spacial score (nSPS) is 19.2. The van der Waals surface area contributed by atoms with Crippen LogP contribution in [0, 0.1) is 24.1 Å². The lowest BCUT2D eigenvalue weighted by Crippen LogP contribution is -2.45. The van der Waals surface area contributed by atoms with Gasteiger partial charge in [-0.05, 0) is 68.7 Å². The van der Waals surface area contributed by atoms with E-state index in [-0.39, 0.29) is 29.8 Å². The van der Waals surface area contributed by atoms with Gasteiger partial charge in [-0.1, -0.05) is 17.7 Å². The van der Waals surface area contributed by atoms with E-state index >= 15 is 0 Å². The van der Waals surface area contributed by atoms with E-state index < -0.39 is 0 Å². The van der Waals surface area contributed by atoms with Crippen LogP contribution >= 0.6 is 11.6 Å². The van der Waals surface area contributed by atoms with Crippen LogP contribution in [0.1, 0.15) is 37.0 Å². The number of likely N-dealkylation sites (tertiary alicyclic amines) is 1. The van der Waals surface area contributed by atoms with Crippen LogP contribution in [-0.4, -0.2) is 28.9 Å². The molecule has 2 aromatic carbocycles. The summed E-state index contributed by atoms with van der Waals surface area (Å²) in [5.74, 6) is -0.198. The molecule has 3 rings (SSSR count). The Bertz CT molecular complexity index is 938. The summed E-state index contributed by atoms with van der Waals surface area (Å²) in [6.07, 6.45) is 0.921. The van der Waals surface area contributed by atoms with E-state index in [0.717, 1.165) is 16.8 Å². The molecule has 0 radical (unpaired) electrons. The second kappa shape index (κ2) is 8.20. The fourth-order valence-electron chi connectivity index (χ4n) is 3.86. The highest BCUT2D eigenvalue weighted by Gasteiger charge is 2.41. The van der Waals surface area contributed by atoms with E-state index in [4.69, 9.17) is 16.9 Å². The van der Waals surface area contributed by atoms with E-state index in [9.17, 15) is 9.18 Å². The summed E-state index contributed by atoms with van der Waals surface area (Å²) in [6.45, 7) is 5.93. The van der Waals surface area contributed by atoms with Crippen LogP contribution in [-0.2, 0) is 11.2 Å². The molecule has 1 amide bonds. The summed E-state index contributed by atoms with van der Waals surface area (Å²) in [5, 5.41) is 12.8. The van der Waals surface area contributed by atoms with Crippen LogP contribution in [0.2, 0.25) is 5.02 Å². The van der Waals surface area contributed by atoms with Crippen LogP contribution in [0.25, 0.3) is 0 Å². The summed E-state index contributed by atoms with van der Waals surface area (Å²) in [5.41, 5.74) is 3.07. The minimum absolute atomic E-state index is 0.0442. The number of halogens is 2. The van der Waals surface area contributed by atoms with Gasteiger partial charge in [-0.25, -0.2) is 4.39 Å². The van der Waals surface area contributed by atoms with Crippen molar-refractivity contribution >= 4 is 23.2 Å². The second-order valence-corrected chi connectivity index (χ2v) is 7.91. The Morgan fingerprint density at radius 3 is 2.71 bits per heavy atom. The molecule has 4 nitrogen and oxygen atoms in total. The summed E-state index contributed by atoms with van der Waals surface area (Å²) in [7, 11) is 0. The molecule has 1 fully saturated rings. The van der Waals surface area contributed by atoms with Gasteiger partial charge in [0.1, 0.15) is 11.9 Å². The molecule has 2 atom stereocenters. The highest BCUT2D eigenvalue weighted by atomic mass is 35.5. The Hall–Kier alpha value is -2.58. The molecule has 1 N–H and O–H groups in total. The van der Waals surface area contributed by atoms with Gasteiger partial charge in [0.25, 0.3) is 0 Å². The fourth-order valence-corrected chi connectivity index (χ4v) is 4.08. The quantitative estimate of drug-likeness (QED) is 0.793. The topological polar surface area (TPSA) is 56.1 Å². The zero-order valence-corrected chi connectivity index (χ0v) is 16.9. The van der Waals surface area contributed by atoms with E-state index in [1.54, 1.807) is 30.3 Å². The van der Waals surface area contributed by atoms with Crippen LogP contribution in [0.15, 0.2) is 36.4 Å². The first kappa shape index (κ1) is 20.2. The standard InChI is InChI=1S/C22H23ClFN3O/c1-13(2)27-21(9-16-8-17(24)6-4-14(16)3)20(11-22(27)28)26-18-7-5-15(12-25)19(23)10-18/h4-8,10,13,20-21,26H,9,11H2,1-3H3/t20-,21?/m0/s1. The highest BCUT2D eigenvalue weighted by molar-refractivity contribution is 6.32. The maximum Gasteiger partial charge on any atom is 0.225 e. The van der Waals surface area contributed by atoms with Gasteiger partial charge in [0.05, 0.1) is 22.7 Å². The number of amides is 1. The molecule has 6 heteroatoms. The predicted octanol–water partition coefficient (Wildman–Crippen LogP) is 4.69. The van der Waals surface area contributed by atoms with Crippen molar-refractivity contribution in [2.24, 2.45) is 0 Å². The Kier molecular flexibility index (Phi) is 5.90. The lowest BCUT2D eigenvalue weighted by atomic mass is 9.96. The minimum Gasteiger partial charge on any atom is -0.380 e. The molecule has 0 saturated carbocycles. The maximum absolute atomic E-state index is 13.8. The van der Waals surface area contributed by atoms with Crippen molar-refractivity contribution in [3.63, 3.8) is 0 Å². The lowest BCUT2D eigenvalue weighted by Gasteiger charge is -2.32. The first-order chi connectivity index (χ1) is 13.3. The molecule has 0 aliphatic carbocycles. The zero-order chi connectivity index (χ0) is 20.4. The number of carbonyl (C=O) groups excluding carboxylic acids is 1. The van der Waals surface area contributed by atoms with E-state index in [0.29, 0.717) is 23.4 Å². The monoisotopic (exact) mass is 399 g/mol. The van der Waals surface area contributed by atoms with Crippen molar-refractivity contribution in [3.05, 3.63) is 63.9 Å². The van der Waals surface area contributed by atoms with Gasteiger partial charge < -0.3 is 10.2 Å². The molecule has 1 saturated heterocycles. The van der Waals surface area contributed by atoms with Gasteiger partial charge in [-0.3, -0.25) is 4.79 Å². The van der Waals surface area contributed by atoms with Gasteiger partial charge in [0, 0.05) is 18.2 Å². The maximum atomic E-state index is 13.8. The Labute approximate surface area is 169 Å². The molecule has 146 valence electrons. The van der Waals surface area contributed by atoms with Crippen molar-refractivity contribution < 1.29 is 9.18 Å². The zero-order valence-electron chi connectivity index (χ0n) is 16.2. The number of nitriles is 1. The third-order valence-electron chi connectivity index (χ3n) is 5.24. The minimum atomic E-state index is -0.274. The van der Waals surface area contributed by atoms with Gasteiger partial charge in [-0.2, -0.15) is 5.26 Å². The van der Waals surface area contributed by atoms with Crippen LogP contribution < -0.4 is 5.32 Å². The summed E-state index contributed by atoms with van der Waals surface area (Å²) in [4.78, 5) is 14.6. The molecule has 28 heavy (non-hydrogen) atoms. The molecule has 0 bridgehead atoms. The summed E-state index contributed by atoms with van der Waals surface area (Å²) in [6, 6.07) is 11.8. The number of nitrogens with zero attached hydrogens (tertiary/aromatic N) is 2. The molecule has 0 spiro atoms. The average Bonchev–Trinajstić information content (AvgIpc) is 2.93. The number of rotatable bonds is 5. The molecule has 1 aliphatic heterocycles. The number of hydrogen-bond acceptors (Lipinski definition) is 3. The van der Waals surface area contributed by atoms with Crippen LogP contribution in [0.3, 0.4) is 0 Å². The predicted molar refractivity (Wildman–Crippen MR) is 109 cm³/mol. The van der Waals surface area contributed by atoms with E-state index in [1.807, 2.05) is 31.7 Å². The van der Waals surface area contributed by atoms with Crippen molar-refractivity contribution in [3.8, 4) is 6.07 Å². The highest BCUT2D eigenvalue weighted by Crippen LogP contribution is 2.30. The van der Waals surface area contributed by atoms with Gasteiger partial charge in [0.2, 0.25) is 5.91 Å². The Balaban J connectivity index is 1.90. The smallest absolute Gasteiger partial charge is 0.225 e. The number of carbonyl (C=O) groups is 1. The van der Waals surface area contributed by atoms with Gasteiger partial charge >= 0.3 is 0 Å². The van der Waals surface area contributed by atoms with Gasteiger partial charge in [-0.15, -0.1) is 0 Å². The van der Waals surface area contributed by atoms with Gasteiger partial charge in [0.15, 0.2) is 0 Å². The largest absolute Gasteiger partial charge is 0.380 e. The van der Waals surface area contributed by atoms with Crippen molar-refractivity contribution in [1.82, 2.24) is 4.90 Å². The third kappa shape index (κ3) is 4.13. The molecule has 2 aromatic rings. The first-order valence-electron chi connectivity index (χ1n) is 9.32. The number of anilines is 1. The average molecular weight is 400 g/mol. The molecule has 0 aromatic heterocycles. The number of hydrogen-bond donors (Lipinski definition) is 1. The summed E-state index contributed by atoms with van der Waals surface area (Å²) < 4.78 is 13.8. The fraction of sp³-hybridized carbons (Fsp3) is 0.364. The molecular weight excluding hydrogens is 377 g/mol. The molecule has 1 unspecified atom stereocenters. The number of nitrogens with one attached hydrogen (secondary N) is 1. The first-order valence-corrected chi connectivity index (χ1v) is 9.70. The Morgan fingerprint density at radius 1 is 1.32 bits per heavy atom. The van der Waals surface area contributed by atoms with Crippen molar-refractivity contribution in [2.75, 3.05) is 5.32 Å². The summed E-state index contributed by atoms with van der Waals surface area (Å²) >= 11 is 6.15. The molecule has 1 aliphatic rings. The van der Waals surface area contributed by atoms with Crippen LogP contribution in [0.5, 0.6) is 0 Å². The van der Waals surface area contributed by atoms with Crippen molar-refractivity contribution in [2.45, 2.75) is 51.7 Å². The number of aryl methyl sites for hydroxylation is 1. The van der Waals surface area contributed by atoms with E-state index in [2.05, 4.69) is 5.32 Å². The van der Waals surface area contributed by atoms with Crippen LogP contribution in [0.4, 0.5) is 10.1 Å². The SMILES string of the molecule is Cc1ccc(F)cc1CC1[C@@H](Nc2ccc(C#N)c(Cl)c2)CC(=O)N1C(C)C. The number of benzene rings is 2. The third-order valence-corrected chi connectivity index (χ3v) is 5.56. The lowest BCUT2D eigenvalue weighted by molar-refractivity contribution is -0.130.